The van der Waals surface area contributed by atoms with Gasteiger partial charge in [0, 0.05) is 5.56 Å². The Morgan fingerprint density at radius 2 is 2.05 bits per heavy atom. The second-order valence-corrected chi connectivity index (χ2v) is 4.80. The van der Waals surface area contributed by atoms with Gasteiger partial charge in [0.25, 0.3) is 0 Å². The van der Waals surface area contributed by atoms with Gasteiger partial charge in [0.2, 0.25) is 0 Å². The lowest BCUT2D eigenvalue weighted by Crippen LogP contribution is -1.87. The predicted octanol–water partition coefficient (Wildman–Crippen LogP) is 4.50. The smallest absolute Gasteiger partial charge is 0.149 e. The normalized spacial score (nSPS) is 11.0. The van der Waals surface area contributed by atoms with Crippen LogP contribution in [0.3, 0.4) is 0 Å². The SMILES string of the molecule is Cc1ccc2nc(C(C#N)=Cc3ccccc3F)[nH]c2c1.Cl. The fourth-order valence-corrected chi connectivity index (χ4v) is 2.15. The lowest BCUT2D eigenvalue weighted by atomic mass is 10.1. The van der Waals surface area contributed by atoms with Gasteiger partial charge in [0.05, 0.1) is 16.6 Å². The van der Waals surface area contributed by atoms with E-state index in [-0.39, 0.29) is 18.2 Å². The van der Waals surface area contributed by atoms with Gasteiger partial charge in [-0.2, -0.15) is 5.26 Å². The average molecular weight is 314 g/mol. The Kier molecular flexibility index (Phi) is 4.59. The van der Waals surface area contributed by atoms with Gasteiger partial charge in [-0.05, 0) is 36.8 Å². The first-order valence-electron chi connectivity index (χ1n) is 6.50. The summed E-state index contributed by atoms with van der Waals surface area (Å²) in [4.78, 5) is 7.48. The Hall–Kier alpha value is -2.64. The summed E-state index contributed by atoms with van der Waals surface area (Å²) >= 11 is 0. The third kappa shape index (κ3) is 3.00. The Labute approximate surface area is 133 Å². The molecule has 0 fully saturated rings. The number of aromatic amines is 1. The predicted molar refractivity (Wildman–Crippen MR) is 88.0 cm³/mol. The summed E-state index contributed by atoms with van der Waals surface area (Å²) < 4.78 is 13.7. The molecule has 2 aromatic carbocycles. The highest BCUT2D eigenvalue weighted by molar-refractivity contribution is 5.90. The van der Waals surface area contributed by atoms with Gasteiger partial charge in [-0.1, -0.05) is 24.3 Å². The van der Waals surface area contributed by atoms with Crippen molar-refractivity contribution in [3.8, 4) is 6.07 Å². The van der Waals surface area contributed by atoms with Crippen molar-refractivity contribution in [3.05, 3.63) is 65.2 Å². The molecule has 0 spiro atoms. The van der Waals surface area contributed by atoms with Crippen LogP contribution in [-0.2, 0) is 0 Å². The van der Waals surface area contributed by atoms with E-state index in [1.807, 2.05) is 25.1 Å². The lowest BCUT2D eigenvalue weighted by Gasteiger charge is -1.97. The summed E-state index contributed by atoms with van der Waals surface area (Å²) in [6, 6.07) is 14.2. The maximum Gasteiger partial charge on any atom is 0.149 e. The zero-order chi connectivity index (χ0) is 14.8. The number of fused-ring (bicyclic) bond motifs is 1. The molecule has 0 saturated carbocycles. The summed E-state index contributed by atoms with van der Waals surface area (Å²) in [5.74, 6) is 0.0820. The molecular formula is C17H13ClFN3. The topological polar surface area (TPSA) is 52.5 Å². The highest BCUT2D eigenvalue weighted by Crippen LogP contribution is 2.21. The number of imidazole rings is 1. The third-order valence-electron chi connectivity index (χ3n) is 3.22. The van der Waals surface area contributed by atoms with Crippen LogP contribution in [0.25, 0.3) is 22.7 Å². The second-order valence-electron chi connectivity index (χ2n) is 4.80. The number of aryl methyl sites for hydroxylation is 1. The number of nitrogens with zero attached hydrogens (tertiary/aromatic N) is 2. The molecule has 3 aromatic rings. The van der Waals surface area contributed by atoms with Crippen LogP contribution in [0.15, 0.2) is 42.5 Å². The van der Waals surface area contributed by atoms with Crippen LogP contribution in [0.5, 0.6) is 0 Å². The molecule has 0 aliphatic carbocycles. The lowest BCUT2D eigenvalue weighted by molar-refractivity contribution is 0.625. The Balaban J connectivity index is 0.00000176. The molecule has 0 bridgehead atoms. The van der Waals surface area contributed by atoms with E-state index in [4.69, 9.17) is 0 Å². The van der Waals surface area contributed by atoms with E-state index in [1.165, 1.54) is 12.1 Å². The number of rotatable bonds is 2. The van der Waals surface area contributed by atoms with Crippen LogP contribution in [0.4, 0.5) is 4.39 Å². The Bertz CT molecular complexity index is 890. The third-order valence-corrected chi connectivity index (χ3v) is 3.22. The molecule has 0 aliphatic rings. The van der Waals surface area contributed by atoms with Crippen molar-refractivity contribution in [2.75, 3.05) is 0 Å². The van der Waals surface area contributed by atoms with Crippen LogP contribution < -0.4 is 0 Å². The number of halogens is 2. The molecule has 0 radical (unpaired) electrons. The molecule has 3 nitrogen and oxygen atoms in total. The zero-order valence-electron chi connectivity index (χ0n) is 11.8. The van der Waals surface area contributed by atoms with E-state index in [2.05, 4.69) is 16.0 Å². The van der Waals surface area contributed by atoms with Gasteiger partial charge in [-0.15, -0.1) is 12.4 Å². The molecule has 1 heterocycles. The van der Waals surface area contributed by atoms with Crippen LogP contribution in [-0.4, -0.2) is 9.97 Å². The molecule has 22 heavy (non-hydrogen) atoms. The molecule has 3 rings (SSSR count). The maximum absolute atomic E-state index is 13.7. The summed E-state index contributed by atoms with van der Waals surface area (Å²) in [5.41, 5.74) is 3.42. The number of hydrogen-bond acceptors (Lipinski definition) is 2. The van der Waals surface area contributed by atoms with Crippen molar-refractivity contribution >= 4 is 35.1 Å². The molecule has 0 unspecified atom stereocenters. The van der Waals surface area contributed by atoms with Crippen LogP contribution in [0.2, 0.25) is 0 Å². The van der Waals surface area contributed by atoms with Crippen molar-refractivity contribution in [3.63, 3.8) is 0 Å². The molecule has 0 atom stereocenters. The molecule has 1 N–H and O–H groups in total. The largest absolute Gasteiger partial charge is 0.337 e. The Morgan fingerprint density at radius 3 is 2.77 bits per heavy atom. The number of aromatic nitrogens is 2. The highest BCUT2D eigenvalue weighted by Gasteiger charge is 2.09. The van der Waals surface area contributed by atoms with E-state index in [0.717, 1.165) is 16.6 Å². The number of nitrogens with one attached hydrogen (secondary N) is 1. The highest BCUT2D eigenvalue weighted by atomic mass is 35.5. The quantitative estimate of drug-likeness (QED) is 0.708. The zero-order valence-corrected chi connectivity index (χ0v) is 12.6. The fraction of sp³-hybridized carbons (Fsp3) is 0.0588. The van der Waals surface area contributed by atoms with Crippen LogP contribution >= 0.6 is 12.4 Å². The molecule has 0 saturated heterocycles. The van der Waals surface area contributed by atoms with Gasteiger partial charge >= 0.3 is 0 Å². The van der Waals surface area contributed by atoms with Gasteiger partial charge in [0.1, 0.15) is 17.7 Å². The second kappa shape index (κ2) is 6.42. The number of H-pyrrole nitrogens is 1. The number of benzene rings is 2. The van der Waals surface area contributed by atoms with E-state index < -0.39 is 0 Å². The minimum atomic E-state index is -0.364. The standard InChI is InChI=1S/C17H12FN3.ClH/c1-11-6-7-15-16(8-11)21-17(20-15)13(10-19)9-12-4-2-3-5-14(12)18;/h2-9H,1H3,(H,20,21);1H. The first kappa shape index (κ1) is 15.7. The Morgan fingerprint density at radius 1 is 1.27 bits per heavy atom. The van der Waals surface area contributed by atoms with Crippen LogP contribution in [0, 0.1) is 24.1 Å². The van der Waals surface area contributed by atoms with Gasteiger partial charge in [-0.3, -0.25) is 0 Å². The average Bonchev–Trinajstić information content (AvgIpc) is 2.89. The maximum atomic E-state index is 13.7. The van der Waals surface area contributed by atoms with Gasteiger partial charge in [-0.25, -0.2) is 9.37 Å². The van der Waals surface area contributed by atoms with E-state index in [1.54, 1.807) is 18.2 Å². The molecule has 110 valence electrons. The molecule has 0 aliphatic heterocycles. The van der Waals surface area contributed by atoms with Gasteiger partial charge < -0.3 is 4.98 Å². The first-order chi connectivity index (χ1) is 10.2. The molecule has 0 amide bonds. The van der Waals surface area contributed by atoms with E-state index in [0.29, 0.717) is 17.0 Å². The number of nitriles is 1. The number of allylic oxidation sites excluding steroid dienone is 1. The molecule has 1 aromatic heterocycles. The van der Waals surface area contributed by atoms with Gasteiger partial charge in [0.15, 0.2) is 0 Å². The van der Waals surface area contributed by atoms with Crippen molar-refractivity contribution in [2.45, 2.75) is 6.92 Å². The van der Waals surface area contributed by atoms with E-state index >= 15 is 0 Å². The molecule has 5 heteroatoms. The van der Waals surface area contributed by atoms with Crippen molar-refractivity contribution in [2.24, 2.45) is 0 Å². The van der Waals surface area contributed by atoms with Crippen molar-refractivity contribution < 1.29 is 4.39 Å². The fourth-order valence-electron chi connectivity index (χ4n) is 2.15. The first-order valence-corrected chi connectivity index (χ1v) is 6.50. The minimum absolute atomic E-state index is 0. The summed E-state index contributed by atoms with van der Waals surface area (Å²) in [6.07, 6.45) is 1.50. The monoisotopic (exact) mass is 313 g/mol. The summed E-state index contributed by atoms with van der Waals surface area (Å²) in [7, 11) is 0. The van der Waals surface area contributed by atoms with E-state index in [9.17, 15) is 9.65 Å². The van der Waals surface area contributed by atoms with Crippen molar-refractivity contribution in [1.82, 2.24) is 9.97 Å². The van der Waals surface area contributed by atoms with Crippen LogP contribution in [0.1, 0.15) is 17.0 Å². The molecular weight excluding hydrogens is 301 g/mol. The minimum Gasteiger partial charge on any atom is -0.337 e. The summed E-state index contributed by atoms with van der Waals surface area (Å²) in [5, 5.41) is 9.31. The number of hydrogen-bond donors (Lipinski definition) is 1. The van der Waals surface area contributed by atoms with Crippen molar-refractivity contribution in [1.29, 1.82) is 5.26 Å². The summed E-state index contributed by atoms with van der Waals surface area (Å²) in [6.45, 7) is 1.99.